The number of carbonyl (C=O) groups is 1. The standard InChI is InChI=1S/C17H27N3O4S.ClH/c1-5-24-16-7-6-14(25(22,23)20(3)4)11-15(16)19-17(21)13-8-9-18-12(2)10-13;/h6-7,11-13,18H,5,8-10H2,1-4H3,(H,19,21);1H/t12-,13-;/m0./s1. The number of hydrogen-bond acceptors (Lipinski definition) is 5. The van der Waals surface area contributed by atoms with Crippen molar-refractivity contribution in [2.75, 3.05) is 32.6 Å². The molecule has 26 heavy (non-hydrogen) atoms. The molecule has 0 aromatic heterocycles. The van der Waals surface area contributed by atoms with Gasteiger partial charge in [0.2, 0.25) is 15.9 Å². The Morgan fingerprint density at radius 2 is 2.08 bits per heavy atom. The number of hydrogen-bond donors (Lipinski definition) is 2. The van der Waals surface area contributed by atoms with E-state index in [-0.39, 0.29) is 35.2 Å². The largest absolute Gasteiger partial charge is 0.492 e. The summed E-state index contributed by atoms with van der Waals surface area (Å²) < 4.78 is 31.4. The first kappa shape index (κ1) is 22.7. The average molecular weight is 406 g/mol. The van der Waals surface area contributed by atoms with Crippen LogP contribution >= 0.6 is 12.4 Å². The lowest BCUT2D eigenvalue weighted by Crippen LogP contribution is -2.40. The summed E-state index contributed by atoms with van der Waals surface area (Å²) in [4.78, 5) is 12.7. The van der Waals surface area contributed by atoms with Crippen molar-refractivity contribution in [1.29, 1.82) is 0 Å². The molecule has 0 aliphatic carbocycles. The molecule has 2 rings (SSSR count). The molecular weight excluding hydrogens is 378 g/mol. The highest BCUT2D eigenvalue weighted by atomic mass is 35.5. The zero-order chi connectivity index (χ0) is 18.6. The highest BCUT2D eigenvalue weighted by Gasteiger charge is 2.26. The lowest BCUT2D eigenvalue weighted by Gasteiger charge is -2.27. The Morgan fingerprint density at radius 3 is 2.65 bits per heavy atom. The van der Waals surface area contributed by atoms with Gasteiger partial charge >= 0.3 is 0 Å². The van der Waals surface area contributed by atoms with Crippen molar-refractivity contribution in [3.8, 4) is 5.75 Å². The van der Waals surface area contributed by atoms with Crippen molar-refractivity contribution in [1.82, 2.24) is 9.62 Å². The van der Waals surface area contributed by atoms with Gasteiger partial charge in [-0.1, -0.05) is 0 Å². The third kappa shape index (κ3) is 5.33. The minimum absolute atomic E-state index is 0. The Kier molecular flexibility index (Phi) is 8.33. The van der Waals surface area contributed by atoms with Crippen LogP contribution in [0.3, 0.4) is 0 Å². The molecule has 0 bridgehead atoms. The van der Waals surface area contributed by atoms with E-state index in [1.54, 1.807) is 6.07 Å². The van der Waals surface area contributed by atoms with E-state index in [0.29, 0.717) is 18.0 Å². The average Bonchev–Trinajstić information content (AvgIpc) is 2.56. The summed E-state index contributed by atoms with van der Waals surface area (Å²) in [7, 11) is -0.639. The van der Waals surface area contributed by atoms with Crippen LogP contribution in [0.4, 0.5) is 5.69 Å². The molecule has 0 unspecified atom stereocenters. The Labute approximate surface area is 161 Å². The molecule has 148 valence electrons. The molecular formula is C17H28ClN3O4S. The number of piperidine rings is 1. The minimum Gasteiger partial charge on any atom is -0.492 e. The SMILES string of the molecule is CCOc1ccc(S(=O)(=O)N(C)C)cc1NC(=O)[C@H]1CCN[C@@H](C)C1.Cl. The molecule has 0 saturated carbocycles. The summed E-state index contributed by atoms with van der Waals surface area (Å²) in [5, 5.41) is 6.18. The van der Waals surface area contributed by atoms with Gasteiger partial charge in [0.15, 0.2) is 0 Å². The lowest BCUT2D eigenvalue weighted by molar-refractivity contribution is -0.120. The Balaban J connectivity index is 0.00000338. The number of ether oxygens (including phenoxy) is 1. The summed E-state index contributed by atoms with van der Waals surface area (Å²) in [5.74, 6) is 0.268. The fraction of sp³-hybridized carbons (Fsp3) is 0.588. The van der Waals surface area contributed by atoms with Crippen molar-refractivity contribution in [3.05, 3.63) is 18.2 Å². The van der Waals surface area contributed by atoms with Crippen LogP contribution in [0, 0.1) is 5.92 Å². The van der Waals surface area contributed by atoms with E-state index in [1.807, 2.05) is 6.92 Å². The summed E-state index contributed by atoms with van der Waals surface area (Å²) in [6.07, 6.45) is 1.52. The molecule has 7 nitrogen and oxygen atoms in total. The molecule has 1 aromatic rings. The Morgan fingerprint density at radius 1 is 1.38 bits per heavy atom. The maximum atomic E-state index is 12.6. The van der Waals surface area contributed by atoms with E-state index < -0.39 is 10.0 Å². The number of sulfonamides is 1. The fourth-order valence-electron chi connectivity index (χ4n) is 2.86. The number of amides is 1. The summed E-state index contributed by atoms with van der Waals surface area (Å²) in [6, 6.07) is 4.82. The Hall–Kier alpha value is -1.35. The quantitative estimate of drug-likeness (QED) is 0.756. The summed E-state index contributed by atoms with van der Waals surface area (Å²) in [5.41, 5.74) is 0.390. The van der Waals surface area contributed by atoms with Gasteiger partial charge in [-0.3, -0.25) is 4.79 Å². The van der Waals surface area contributed by atoms with Gasteiger partial charge in [0, 0.05) is 26.1 Å². The van der Waals surface area contributed by atoms with Gasteiger partial charge in [-0.2, -0.15) is 0 Å². The van der Waals surface area contributed by atoms with Gasteiger partial charge < -0.3 is 15.4 Å². The molecule has 9 heteroatoms. The lowest BCUT2D eigenvalue weighted by atomic mass is 9.92. The summed E-state index contributed by atoms with van der Waals surface area (Å²) >= 11 is 0. The van der Waals surface area contributed by atoms with Gasteiger partial charge in [-0.25, -0.2) is 12.7 Å². The molecule has 1 heterocycles. The smallest absolute Gasteiger partial charge is 0.242 e. The number of rotatable bonds is 6. The molecule has 1 fully saturated rings. The fourth-order valence-corrected chi connectivity index (χ4v) is 3.79. The molecule has 1 aliphatic heterocycles. The van der Waals surface area contributed by atoms with Gasteiger partial charge in [0.25, 0.3) is 0 Å². The van der Waals surface area contributed by atoms with Crippen LogP contribution < -0.4 is 15.4 Å². The van der Waals surface area contributed by atoms with Gasteiger partial charge in [0.05, 0.1) is 17.2 Å². The van der Waals surface area contributed by atoms with Crippen molar-refractivity contribution in [2.45, 2.75) is 37.6 Å². The molecule has 0 radical (unpaired) electrons. The van der Waals surface area contributed by atoms with Gasteiger partial charge in [0.1, 0.15) is 5.75 Å². The number of nitrogens with one attached hydrogen (secondary N) is 2. The predicted octanol–water partition coefficient (Wildman–Crippen LogP) is 2.08. The molecule has 2 atom stereocenters. The van der Waals surface area contributed by atoms with Crippen molar-refractivity contribution in [3.63, 3.8) is 0 Å². The number of benzene rings is 1. The third-order valence-corrected chi connectivity index (χ3v) is 6.09. The molecule has 2 N–H and O–H groups in total. The van der Waals surface area contributed by atoms with Crippen molar-refractivity contribution < 1.29 is 17.9 Å². The van der Waals surface area contributed by atoms with E-state index >= 15 is 0 Å². The first-order chi connectivity index (χ1) is 11.8. The van der Waals surface area contributed by atoms with Crippen LogP contribution in [0.2, 0.25) is 0 Å². The second-order valence-electron chi connectivity index (χ2n) is 6.44. The zero-order valence-corrected chi connectivity index (χ0v) is 17.2. The number of nitrogens with zero attached hydrogens (tertiary/aromatic N) is 1. The van der Waals surface area contributed by atoms with Gasteiger partial charge in [-0.05, 0) is 51.4 Å². The summed E-state index contributed by atoms with van der Waals surface area (Å²) in [6.45, 7) is 5.11. The van der Waals surface area contributed by atoms with E-state index in [9.17, 15) is 13.2 Å². The molecule has 1 aliphatic rings. The maximum Gasteiger partial charge on any atom is 0.242 e. The first-order valence-corrected chi connectivity index (χ1v) is 9.93. The highest BCUT2D eigenvalue weighted by Crippen LogP contribution is 2.30. The number of anilines is 1. The minimum atomic E-state index is -3.58. The number of halogens is 1. The molecule has 1 saturated heterocycles. The highest BCUT2D eigenvalue weighted by molar-refractivity contribution is 7.89. The number of carbonyl (C=O) groups excluding carboxylic acids is 1. The molecule has 1 aromatic carbocycles. The second-order valence-corrected chi connectivity index (χ2v) is 8.60. The molecule has 1 amide bonds. The Bertz CT molecular complexity index is 725. The maximum absolute atomic E-state index is 12.6. The first-order valence-electron chi connectivity index (χ1n) is 8.49. The van der Waals surface area contributed by atoms with Crippen LogP contribution in [0.25, 0.3) is 0 Å². The van der Waals surface area contributed by atoms with Crippen molar-refractivity contribution in [2.24, 2.45) is 5.92 Å². The van der Waals surface area contributed by atoms with E-state index in [4.69, 9.17) is 4.74 Å². The van der Waals surface area contributed by atoms with Crippen LogP contribution in [-0.4, -0.2) is 51.9 Å². The van der Waals surface area contributed by atoms with Crippen LogP contribution in [0.5, 0.6) is 5.75 Å². The monoisotopic (exact) mass is 405 g/mol. The second kappa shape index (κ2) is 9.55. The molecule has 0 spiro atoms. The van der Waals surface area contributed by atoms with E-state index in [1.165, 1.54) is 26.2 Å². The zero-order valence-electron chi connectivity index (χ0n) is 15.6. The van der Waals surface area contributed by atoms with Gasteiger partial charge in [-0.15, -0.1) is 12.4 Å². The van der Waals surface area contributed by atoms with Crippen LogP contribution in [0.1, 0.15) is 26.7 Å². The van der Waals surface area contributed by atoms with Crippen molar-refractivity contribution >= 4 is 34.0 Å². The normalized spacial score (nSPS) is 20.3. The van der Waals surface area contributed by atoms with E-state index in [2.05, 4.69) is 17.6 Å². The van der Waals surface area contributed by atoms with Crippen LogP contribution in [0.15, 0.2) is 23.1 Å². The predicted molar refractivity (Wildman–Crippen MR) is 105 cm³/mol. The third-order valence-electron chi connectivity index (χ3n) is 4.28. The van der Waals surface area contributed by atoms with E-state index in [0.717, 1.165) is 23.7 Å². The van der Waals surface area contributed by atoms with Crippen LogP contribution in [-0.2, 0) is 14.8 Å². The topological polar surface area (TPSA) is 87.7 Å².